The van der Waals surface area contributed by atoms with Crippen LogP contribution in [0.5, 0.6) is 0 Å². The van der Waals surface area contributed by atoms with Gasteiger partial charge in [0.1, 0.15) is 11.5 Å². The van der Waals surface area contributed by atoms with Gasteiger partial charge in [-0.1, -0.05) is 11.6 Å². The molecule has 0 atom stereocenters. The van der Waals surface area contributed by atoms with E-state index < -0.39 is 0 Å². The molecule has 0 saturated carbocycles. The normalized spacial score (nSPS) is 10.8. The largest absolute Gasteiger partial charge is 0.311 e. The molecule has 0 radical (unpaired) electrons. The molecule has 8 heteroatoms. The summed E-state index contributed by atoms with van der Waals surface area (Å²) < 4.78 is 1.85. The van der Waals surface area contributed by atoms with Crippen molar-refractivity contribution >= 4 is 40.6 Å². The molecule has 0 unspecified atom stereocenters. The minimum absolute atomic E-state index is 0.155. The smallest absolute Gasteiger partial charge is 0.259 e. The first-order valence-corrected chi connectivity index (χ1v) is 9.55. The fraction of sp³-hybridized carbons (Fsp3) is 0.0909. The number of hydrogen-bond acceptors (Lipinski definition) is 4. The molecule has 0 spiro atoms. The maximum Gasteiger partial charge on any atom is 0.259 e. The molecule has 150 valence electrons. The molecule has 0 aliphatic heterocycles. The van der Waals surface area contributed by atoms with Crippen LogP contribution in [-0.2, 0) is 4.79 Å². The van der Waals surface area contributed by atoms with Crippen molar-refractivity contribution in [2.24, 2.45) is 0 Å². The standard InChI is InChI=1S/C22H18ClN5O2/c1-14(29)26-20-9-3-15(11-24-20)19-12-25-21-10-4-16(13-28(19)21)22(30)27(2)18-7-5-17(23)6-8-18/h3-13H,1-2H3,(H,24,26,29). The Balaban J connectivity index is 1.66. The molecule has 30 heavy (non-hydrogen) atoms. The van der Waals surface area contributed by atoms with Crippen molar-refractivity contribution in [2.45, 2.75) is 6.92 Å². The van der Waals surface area contributed by atoms with Crippen molar-refractivity contribution in [1.82, 2.24) is 14.4 Å². The molecule has 1 N–H and O–H groups in total. The molecule has 4 rings (SSSR count). The Bertz CT molecular complexity index is 1230. The lowest BCUT2D eigenvalue weighted by Gasteiger charge is -2.17. The maximum absolute atomic E-state index is 13.0. The number of anilines is 2. The van der Waals surface area contributed by atoms with E-state index in [1.165, 1.54) is 6.92 Å². The number of fused-ring (bicyclic) bond motifs is 1. The highest BCUT2D eigenvalue weighted by Crippen LogP contribution is 2.23. The van der Waals surface area contributed by atoms with Crippen LogP contribution in [0.25, 0.3) is 16.9 Å². The fourth-order valence-electron chi connectivity index (χ4n) is 3.10. The Kier molecular flexibility index (Phi) is 5.20. The molecule has 0 aliphatic rings. The van der Waals surface area contributed by atoms with E-state index in [2.05, 4.69) is 15.3 Å². The summed E-state index contributed by atoms with van der Waals surface area (Å²) in [6.45, 7) is 1.43. The number of nitrogens with one attached hydrogen (secondary N) is 1. The van der Waals surface area contributed by atoms with E-state index >= 15 is 0 Å². The van der Waals surface area contributed by atoms with Crippen LogP contribution in [0.2, 0.25) is 5.02 Å². The van der Waals surface area contributed by atoms with Gasteiger partial charge in [0, 0.05) is 42.6 Å². The van der Waals surface area contributed by atoms with Crippen LogP contribution in [0.15, 0.2) is 67.1 Å². The number of benzene rings is 1. The summed E-state index contributed by atoms with van der Waals surface area (Å²) in [5.41, 5.74) is 3.57. The SMILES string of the molecule is CC(=O)Nc1ccc(-c2cnc3ccc(C(=O)N(C)c4ccc(Cl)cc4)cn23)cn1. The average Bonchev–Trinajstić information content (AvgIpc) is 3.16. The molecule has 0 aliphatic carbocycles. The number of carbonyl (C=O) groups excluding carboxylic acids is 2. The maximum atomic E-state index is 13.0. The second kappa shape index (κ2) is 7.96. The van der Waals surface area contributed by atoms with Gasteiger partial charge in [0.05, 0.1) is 17.5 Å². The van der Waals surface area contributed by atoms with Crippen molar-refractivity contribution < 1.29 is 9.59 Å². The predicted molar refractivity (Wildman–Crippen MR) is 117 cm³/mol. The van der Waals surface area contributed by atoms with Gasteiger partial charge in [-0.15, -0.1) is 0 Å². The molecule has 3 aromatic heterocycles. The molecule has 1 aromatic carbocycles. The second-order valence-corrected chi connectivity index (χ2v) is 7.18. The number of hydrogen-bond donors (Lipinski definition) is 1. The van der Waals surface area contributed by atoms with E-state index in [0.29, 0.717) is 22.1 Å². The summed E-state index contributed by atoms with van der Waals surface area (Å²) in [6.07, 6.45) is 5.14. The first kappa shape index (κ1) is 19.6. The summed E-state index contributed by atoms with van der Waals surface area (Å²) in [5.74, 6) is 0.136. The zero-order valence-electron chi connectivity index (χ0n) is 16.3. The lowest BCUT2D eigenvalue weighted by molar-refractivity contribution is -0.114. The minimum atomic E-state index is -0.182. The molecule has 3 heterocycles. The average molecular weight is 420 g/mol. The van der Waals surface area contributed by atoms with Gasteiger partial charge in [0.25, 0.3) is 5.91 Å². The van der Waals surface area contributed by atoms with E-state index in [1.807, 2.05) is 10.5 Å². The van der Waals surface area contributed by atoms with Gasteiger partial charge in [-0.25, -0.2) is 9.97 Å². The van der Waals surface area contributed by atoms with Crippen LogP contribution in [0, 0.1) is 0 Å². The van der Waals surface area contributed by atoms with Gasteiger partial charge in [-0.2, -0.15) is 0 Å². The highest BCUT2D eigenvalue weighted by atomic mass is 35.5. The lowest BCUT2D eigenvalue weighted by Crippen LogP contribution is -2.26. The topological polar surface area (TPSA) is 79.6 Å². The molecule has 0 bridgehead atoms. The van der Waals surface area contributed by atoms with Crippen LogP contribution in [0.3, 0.4) is 0 Å². The Hall–Kier alpha value is -3.71. The first-order valence-electron chi connectivity index (χ1n) is 9.17. The van der Waals surface area contributed by atoms with Crippen LogP contribution in [0.4, 0.5) is 11.5 Å². The number of halogens is 1. The monoisotopic (exact) mass is 419 g/mol. The summed E-state index contributed by atoms with van der Waals surface area (Å²) >= 11 is 5.94. The summed E-state index contributed by atoms with van der Waals surface area (Å²) in [4.78, 5) is 34.4. The highest BCUT2D eigenvalue weighted by Gasteiger charge is 2.16. The Morgan fingerprint density at radius 3 is 2.43 bits per heavy atom. The van der Waals surface area contributed by atoms with Crippen molar-refractivity contribution in [1.29, 1.82) is 0 Å². The minimum Gasteiger partial charge on any atom is -0.311 e. The third-order valence-corrected chi connectivity index (χ3v) is 4.89. The van der Waals surface area contributed by atoms with Crippen LogP contribution < -0.4 is 10.2 Å². The quantitative estimate of drug-likeness (QED) is 0.535. The zero-order valence-corrected chi connectivity index (χ0v) is 17.1. The Labute approximate surface area is 177 Å². The predicted octanol–water partition coefficient (Wildman–Crippen LogP) is 4.28. The Morgan fingerprint density at radius 2 is 1.77 bits per heavy atom. The second-order valence-electron chi connectivity index (χ2n) is 6.74. The van der Waals surface area contributed by atoms with Gasteiger partial charge in [-0.05, 0) is 48.5 Å². The number of aromatic nitrogens is 3. The fourth-order valence-corrected chi connectivity index (χ4v) is 3.22. The summed E-state index contributed by atoms with van der Waals surface area (Å²) in [7, 11) is 1.72. The van der Waals surface area contributed by atoms with Crippen molar-refractivity contribution in [3.8, 4) is 11.3 Å². The molecular weight excluding hydrogens is 402 g/mol. The van der Waals surface area contributed by atoms with Crippen molar-refractivity contribution in [3.63, 3.8) is 0 Å². The van der Waals surface area contributed by atoms with Crippen molar-refractivity contribution in [2.75, 3.05) is 17.3 Å². The number of pyridine rings is 2. The van der Waals surface area contributed by atoms with E-state index in [1.54, 1.807) is 73.0 Å². The molecule has 7 nitrogen and oxygen atoms in total. The third-order valence-electron chi connectivity index (χ3n) is 4.63. The van der Waals surface area contributed by atoms with Crippen LogP contribution in [-0.4, -0.2) is 33.2 Å². The van der Waals surface area contributed by atoms with E-state index in [0.717, 1.165) is 16.9 Å². The highest BCUT2D eigenvalue weighted by molar-refractivity contribution is 6.30. The molecule has 0 fully saturated rings. The first-order chi connectivity index (χ1) is 14.4. The van der Waals surface area contributed by atoms with Crippen LogP contribution >= 0.6 is 11.6 Å². The number of carbonyl (C=O) groups is 2. The Morgan fingerprint density at radius 1 is 1.00 bits per heavy atom. The lowest BCUT2D eigenvalue weighted by atomic mass is 10.2. The van der Waals surface area contributed by atoms with E-state index in [-0.39, 0.29) is 11.8 Å². The van der Waals surface area contributed by atoms with Gasteiger partial charge in [-0.3, -0.25) is 14.0 Å². The number of amides is 2. The molecule has 0 saturated heterocycles. The van der Waals surface area contributed by atoms with Gasteiger partial charge < -0.3 is 10.2 Å². The molecule has 4 aromatic rings. The molecular formula is C22H18ClN5O2. The van der Waals surface area contributed by atoms with Gasteiger partial charge in [0.15, 0.2) is 0 Å². The third kappa shape index (κ3) is 3.88. The van der Waals surface area contributed by atoms with Gasteiger partial charge >= 0.3 is 0 Å². The summed E-state index contributed by atoms with van der Waals surface area (Å²) in [6, 6.07) is 14.2. The number of rotatable bonds is 4. The number of imidazole rings is 1. The van der Waals surface area contributed by atoms with Crippen molar-refractivity contribution in [3.05, 3.63) is 77.7 Å². The summed E-state index contributed by atoms with van der Waals surface area (Å²) in [5, 5.41) is 3.25. The zero-order chi connectivity index (χ0) is 21.3. The van der Waals surface area contributed by atoms with E-state index in [4.69, 9.17) is 11.6 Å². The van der Waals surface area contributed by atoms with Crippen LogP contribution in [0.1, 0.15) is 17.3 Å². The van der Waals surface area contributed by atoms with E-state index in [9.17, 15) is 9.59 Å². The molecule has 2 amide bonds. The van der Waals surface area contributed by atoms with Gasteiger partial charge in [0.2, 0.25) is 5.91 Å². The number of nitrogens with zero attached hydrogens (tertiary/aromatic N) is 4.